The summed E-state index contributed by atoms with van der Waals surface area (Å²) in [5.74, 6) is 1.95. The van der Waals surface area contributed by atoms with Crippen molar-refractivity contribution in [3.05, 3.63) is 29.3 Å². The summed E-state index contributed by atoms with van der Waals surface area (Å²) >= 11 is 1.80. The first kappa shape index (κ1) is 13.1. The van der Waals surface area contributed by atoms with E-state index in [0.717, 1.165) is 21.8 Å². The van der Waals surface area contributed by atoms with Crippen LogP contribution in [-0.4, -0.2) is 11.6 Å². The molecule has 2 nitrogen and oxygen atoms in total. The monoisotopic (exact) mass is 236 g/mol. The average Bonchev–Trinajstić information content (AvgIpc) is 2.26. The Morgan fingerprint density at radius 2 is 2.19 bits per heavy atom. The molecule has 0 heterocycles. The number of nitrogen functional groups attached to an aromatic ring is 1. The van der Waals surface area contributed by atoms with Crippen LogP contribution < -0.4 is 5.73 Å². The highest BCUT2D eigenvalue weighted by Gasteiger charge is 2.08. The molecule has 0 aromatic heterocycles. The molecule has 0 fully saturated rings. The van der Waals surface area contributed by atoms with E-state index in [9.17, 15) is 0 Å². The van der Waals surface area contributed by atoms with Gasteiger partial charge in [-0.25, -0.2) is 0 Å². The van der Waals surface area contributed by atoms with Crippen LogP contribution >= 0.6 is 11.8 Å². The fourth-order valence-electron chi connectivity index (χ4n) is 1.33. The van der Waals surface area contributed by atoms with Crippen LogP contribution in [0.15, 0.2) is 23.1 Å². The largest absolute Gasteiger partial charge is 0.384 e. The third-order valence-electron chi connectivity index (χ3n) is 2.65. The van der Waals surface area contributed by atoms with Gasteiger partial charge in [-0.1, -0.05) is 31.9 Å². The quantitative estimate of drug-likeness (QED) is 0.467. The Balaban J connectivity index is 2.82. The summed E-state index contributed by atoms with van der Waals surface area (Å²) in [5, 5.41) is 7.57. The minimum absolute atomic E-state index is 0.162. The molecule has 88 valence electrons. The lowest BCUT2D eigenvalue weighted by Gasteiger charge is -2.11. The summed E-state index contributed by atoms with van der Waals surface area (Å²) in [6.07, 6.45) is 1.19. The highest BCUT2D eigenvalue weighted by Crippen LogP contribution is 2.26. The molecule has 3 N–H and O–H groups in total. The van der Waals surface area contributed by atoms with Crippen LogP contribution in [0, 0.1) is 18.3 Å². The molecule has 0 aliphatic rings. The van der Waals surface area contributed by atoms with Gasteiger partial charge in [-0.2, -0.15) is 0 Å². The van der Waals surface area contributed by atoms with Crippen molar-refractivity contribution in [1.29, 1.82) is 5.41 Å². The van der Waals surface area contributed by atoms with Gasteiger partial charge in [0, 0.05) is 16.2 Å². The molecule has 0 aliphatic carbocycles. The maximum Gasteiger partial charge on any atom is 0.123 e. The minimum atomic E-state index is 0.162. The van der Waals surface area contributed by atoms with Crippen molar-refractivity contribution in [2.24, 2.45) is 11.7 Å². The molecule has 0 saturated carbocycles. The SMILES string of the molecule is CCC(C)CSc1ccc(C)cc1C(=N)N. The number of hydrogen-bond acceptors (Lipinski definition) is 2. The molecule has 0 bridgehead atoms. The summed E-state index contributed by atoms with van der Waals surface area (Å²) in [6.45, 7) is 6.47. The van der Waals surface area contributed by atoms with E-state index < -0.39 is 0 Å². The molecule has 1 aromatic rings. The first-order valence-electron chi connectivity index (χ1n) is 5.62. The molecule has 1 rings (SSSR count). The summed E-state index contributed by atoms with van der Waals surface area (Å²) in [4.78, 5) is 1.12. The zero-order valence-electron chi connectivity index (χ0n) is 10.2. The Hall–Kier alpha value is -0.960. The normalized spacial score (nSPS) is 12.4. The molecular weight excluding hydrogens is 216 g/mol. The van der Waals surface area contributed by atoms with Crippen LogP contribution in [0.4, 0.5) is 0 Å². The van der Waals surface area contributed by atoms with Crippen molar-refractivity contribution in [2.75, 3.05) is 5.75 Å². The van der Waals surface area contributed by atoms with Gasteiger partial charge in [0.2, 0.25) is 0 Å². The predicted molar refractivity (Wildman–Crippen MR) is 72.4 cm³/mol. The fourth-order valence-corrected chi connectivity index (χ4v) is 2.52. The number of aryl methyl sites for hydroxylation is 1. The molecule has 0 aliphatic heterocycles. The van der Waals surface area contributed by atoms with Crippen LogP contribution in [0.25, 0.3) is 0 Å². The van der Waals surface area contributed by atoms with E-state index in [2.05, 4.69) is 26.0 Å². The van der Waals surface area contributed by atoms with E-state index in [4.69, 9.17) is 11.1 Å². The van der Waals surface area contributed by atoms with Crippen LogP contribution in [-0.2, 0) is 0 Å². The lowest BCUT2D eigenvalue weighted by Crippen LogP contribution is -2.12. The Kier molecular flexibility index (Phi) is 4.87. The van der Waals surface area contributed by atoms with Crippen molar-refractivity contribution in [3.8, 4) is 0 Å². The highest BCUT2D eigenvalue weighted by molar-refractivity contribution is 7.99. The molecule has 1 atom stereocenters. The Morgan fingerprint density at radius 1 is 1.50 bits per heavy atom. The second-order valence-electron chi connectivity index (χ2n) is 4.24. The van der Waals surface area contributed by atoms with Gasteiger partial charge < -0.3 is 5.73 Å². The second-order valence-corrected chi connectivity index (χ2v) is 5.30. The number of thioether (sulfide) groups is 1. The molecule has 0 amide bonds. The highest BCUT2D eigenvalue weighted by atomic mass is 32.2. The van der Waals surface area contributed by atoms with E-state index in [1.807, 2.05) is 13.0 Å². The number of hydrogen-bond donors (Lipinski definition) is 2. The van der Waals surface area contributed by atoms with Crippen LogP contribution in [0.2, 0.25) is 0 Å². The number of nitrogens with one attached hydrogen (secondary N) is 1. The van der Waals surface area contributed by atoms with Gasteiger partial charge in [-0.3, -0.25) is 5.41 Å². The zero-order valence-corrected chi connectivity index (χ0v) is 11.0. The maximum atomic E-state index is 7.57. The van der Waals surface area contributed by atoms with Crippen molar-refractivity contribution in [3.63, 3.8) is 0 Å². The number of nitrogens with two attached hydrogens (primary N) is 1. The van der Waals surface area contributed by atoms with E-state index in [1.165, 1.54) is 6.42 Å². The van der Waals surface area contributed by atoms with Gasteiger partial charge in [0.1, 0.15) is 5.84 Å². The molecule has 16 heavy (non-hydrogen) atoms. The molecule has 1 aromatic carbocycles. The summed E-state index contributed by atoms with van der Waals surface area (Å²) in [5.41, 5.74) is 7.61. The van der Waals surface area contributed by atoms with Crippen LogP contribution in [0.5, 0.6) is 0 Å². The van der Waals surface area contributed by atoms with Gasteiger partial charge in [0.15, 0.2) is 0 Å². The molecule has 0 radical (unpaired) electrons. The smallest absolute Gasteiger partial charge is 0.123 e. The molecular formula is C13H20N2S. The first-order valence-corrected chi connectivity index (χ1v) is 6.61. The third kappa shape index (κ3) is 3.56. The third-order valence-corrected chi connectivity index (χ3v) is 4.05. The Bertz CT molecular complexity index is 374. The maximum absolute atomic E-state index is 7.57. The van der Waals surface area contributed by atoms with E-state index in [-0.39, 0.29) is 5.84 Å². The second kappa shape index (κ2) is 5.94. The van der Waals surface area contributed by atoms with Crippen molar-refractivity contribution < 1.29 is 0 Å². The molecule has 3 heteroatoms. The number of benzene rings is 1. The van der Waals surface area contributed by atoms with Gasteiger partial charge in [0.25, 0.3) is 0 Å². The Labute approximate surface area is 102 Å². The molecule has 0 saturated heterocycles. The van der Waals surface area contributed by atoms with Crippen LogP contribution in [0.3, 0.4) is 0 Å². The van der Waals surface area contributed by atoms with Gasteiger partial charge in [-0.15, -0.1) is 11.8 Å². The molecule has 0 spiro atoms. The van der Waals surface area contributed by atoms with E-state index in [1.54, 1.807) is 11.8 Å². The summed E-state index contributed by atoms with van der Waals surface area (Å²) in [6, 6.07) is 6.13. The molecule has 1 unspecified atom stereocenters. The zero-order chi connectivity index (χ0) is 12.1. The minimum Gasteiger partial charge on any atom is -0.384 e. The topological polar surface area (TPSA) is 49.9 Å². The van der Waals surface area contributed by atoms with E-state index in [0.29, 0.717) is 5.92 Å². The average molecular weight is 236 g/mol. The van der Waals surface area contributed by atoms with Crippen molar-refractivity contribution in [1.82, 2.24) is 0 Å². The van der Waals surface area contributed by atoms with Gasteiger partial charge in [0.05, 0.1) is 0 Å². The standard InChI is InChI=1S/C13H20N2S/c1-4-9(2)8-16-12-6-5-10(3)7-11(12)13(14)15/h5-7,9H,4,8H2,1-3H3,(H3,14,15). The van der Waals surface area contributed by atoms with Crippen molar-refractivity contribution in [2.45, 2.75) is 32.1 Å². The first-order chi connectivity index (χ1) is 7.54. The van der Waals surface area contributed by atoms with Crippen molar-refractivity contribution >= 4 is 17.6 Å². The Morgan fingerprint density at radius 3 is 2.75 bits per heavy atom. The predicted octanol–water partition coefficient (Wildman–Crippen LogP) is 3.42. The lowest BCUT2D eigenvalue weighted by molar-refractivity contribution is 0.637. The van der Waals surface area contributed by atoms with E-state index >= 15 is 0 Å². The summed E-state index contributed by atoms with van der Waals surface area (Å²) in [7, 11) is 0. The fraction of sp³-hybridized carbons (Fsp3) is 0.462. The van der Waals surface area contributed by atoms with Crippen LogP contribution in [0.1, 0.15) is 31.4 Å². The van der Waals surface area contributed by atoms with Gasteiger partial charge >= 0.3 is 0 Å². The number of amidine groups is 1. The summed E-state index contributed by atoms with van der Waals surface area (Å²) < 4.78 is 0. The van der Waals surface area contributed by atoms with Gasteiger partial charge in [-0.05, 0) is 25.0 Å². The lowest BCUT2D eigenvalue weighted by atomic mass is 10.1. The number of rotatable bonds is 5.